The van der Waals surface area contributed by atoms with Gasteiger partial charge in [-0.15, -0.1) is 0 Å². The fourth-order valence-electron chi connectivity index (χ4n) is 0.739. The molecule has 0 heterocycles. The van der Waals surface area contributed by atoms with Crippen LogP contribution in [-0.2, 0) is 39.3 Å². The third-order valence-corrected chi connectivity index (χ3v) is 1.24. The molecule has 0 spiro atoms. The summed E-state index contributed by atoms with van der Waals surface area (Å²) >= 11 is 0. The van der Waals surface area contributed by atoms with Gasteiger partial charge in [0.05, 0.1) is 18.2 Å². The number of hydrogen-bond acceptors (Lipinski definition) is 2. The van der Waals surface area contributed by atoms with Gasteiger partial charge in [0.1, 0.15) is 0 Å². The first kappa shape index (κ1) is 10.8. The molecule has 3 heteroatoms. The van der Waals surface area contributed by atoms with Crippen molar-refractivity contribution in [1.82, 2.24) is 0 Å². The Morgan fingerprint density at radius 2 is 2.18 bits per heavy atom. The second-order valence-corrected chi connectivity index (χ2v) is 1.97. The Hall–Kier alpha value is -0.226. The molecule has 1 aromatic carbocycles. The molecule has 1 aromatic rings. The molecule has 11 heavy (non-hydrogen) atoms. The Morgan fingerprint density at radius 3 is 2.73 bits per heavy atom. The van der Waals surface area contributed by atoms with Gasteiger partial charge < -0.3 is 5.11 Å². The average molecular weight is 222 g/mol. The molecule has 0 aliphatic carbocycles. The van der Waals surface area contributed by atoms with Gasteiger partial charge >= 0.3 is 0 Å². The Labute approximate surface area is 90.7 Å². The summed E-state index contributed by atoms with van der Waals surface area (Å²) in [5.74, 6) is 0. The third kappa shape index (κ3) is 3.11. The Morgan fingerprint density at radius 1 is 1.45 bits per heavy atom. The quantitative estimate of drug-likeness (QED) is 0.771. The monoisotopic (exact) mass is 222 g/mol. The molecule has 0 unspecified atom stereocenters. The molecule has 0 amide bonds. The molecule has 0 saturated carbocycles. The van der Waals surface area contributed by atoms with E-state index in [4.69, 9.17) is 10.4 Å². The van der Waals surface area contributed by atoms with Crippen LogP contribution in [0.15, 0.2) is 24.3 Å². The maximum atomic E-state index is 8.65. The van der Waals surface area contributed by atoms with Crippen molar-refractivity contribution in [1.29, 1.82) is 5.26 Å². The summed E-state index contributed by atoms with van der Waals surface area (Å²) in [6.07, 6.45) is 0. The van der Waals surface area contributed by atoms with Crippen molar-refractivity contribution < 1.29 is 37.8 Å². The van der Waals surface area contributed by atoms with Crippen LogP contribution >= 0.6 is 0 Å². The molecule has 1 radical (unpaired) electrons. The van der Waals surface area contributed by atoms with E-state index in [0.717, 1.165) is 5.56 Å². The molecular formula is C8H7NOY. The van der Waals surface area contributed by atoms with E-state index in [-0.39, 0.29) is 39.3 Å². The topological polar surface area (TPSA) is 44.0 Å². The summed E-state index contributed by atoms with van der Waals surface area (Å²) in [7, 11) is 0. The number of aliphatic hydroxyl groups is 1. The van der Waals surface area contributed by atoms with E-state index in [2.05, 4.69) is 0 Å². The van der Waals surface area contributed by atoms with Gasteiger partial charge in [-0.25, -0.2) is 0 Å². The summed E-state index contributed by atoms with van der Waals surface area (Å²) in [5, 5.41) is 17.1. The molecule has 0 atom stereocenters. The van der Waals surface area contributed by atoms with E-state index in [1.165, 1.54) is 0 Å². The van der Waals surface area contributed by atoms with Gasteiger partial charge in [0.25, 0.3) is 0 Å². The van der Waals surface area contributed by atoms with Crippen LogP contribution in [0, 0.1) is 11.3 Å². The summed E-state index contributed by atoms with van der Waals surface area (Å²) < 4.78 is 0. The predicted molar refractivity (Wildman–Crippen MR) is 37.1 cm³/mol. The fraction of sp³-hybridized carbons (Fsp3) is 0.125. The predicted octanol–water partition coefficient (Wildman–Crippen LogP) is 1.05. The molecule has 53 valence electrons. The molecule has 0 fully saturated rings. The standard InChI is InChI=1S/C8H7NO.Y/c9-5-7-2-1-3-8(4-7)6-10;/h1-4,10H,6H2;. The van der Waals surface area contributed by atoms with E-state index < -0.39 is 0 Å². The van der Waals surface area contributed by atoms with Crippen LogP contribution in [0.2, 0.25) is 0 Å². The minimum atomic E-state index is -0.00444. The van der Waals surface area contributed by atoms with Gasteiger partial charge in [0.2, 0.25) is 0 Å². The second-order valence-electron chi connectivity index (χ2n) is 1.97. The number of nitrogens with zero attached hydrogens (tertiary/aromatic N) is 1. The van der Waals surface area contributed by atoms with Crippen molar-refractivity contribution in [3.8, 4) is 6.07 Å². The molecule has 1 N–H and O–H groups in total. The van der Waals surface area contributed by atoms with Crippen molar-refractivity contribution in [2.75, 3.05) is 0 Å². The van der Waals surface area contributed by atoms with Crippen LogP contribution in [0.1, 0.15) is 11.1 Å². The molecule has 0 saturated heterocycles. The molecule has 0 aliphatic heterocycles. The number of nitriles is 1. The molecular weight excluding hydrogens is 215 g/mol. The van der Waals surface area contributed by atoms with Gasteiger partial charge in [-0.05, 0) is 17.7 Å². The van der Waals surface area contributed by atoms with Gasteiger partial charge in [0, 0.05) is 32.7 Å². The maximum Gasteiger partial charge on any atom is 0.0991 e. The molecule has 2 nitrogen and oxygen atoms in total. The van der Waals surface area contributed by atoms with Gasteiger partial charge in [-0.2, -0.15) is 5.26 Å². The molecule has 1 rings (SSSR count). The molecule has 0 aliphatic rings. The minimum Gasteiger partial charge on any atom is -0.392 e. The Kier molecular flexibility index (Phi) is 5.32. The van der Waals surface area contributed by atoms with Crippen LogP contribution in [0.25, 0.3) is 0 Å². The van der Waals surface area contributed by atoms with Crippen LogP contribution in [0.3, 0.4) is 0 Å². The van der Waals surface area contributed by atoms with Crippen molar-refractivity contribution in [3.05, 3.63) is 35.4 Å². The molecule has 0 bridgehead atoms. The van der Waals surface area contributed by atoms with Crippen LogP contribution < -0.4 is 0 Å². The Balaban J connectivity index is 0.000001000. The van der Waals surface area contributed by atoms with E-state index in [9.17, 15) is 0 Å². The summed E-state index contributed by atoms with van der Waals surface area (Å²) in [4.78, 5) is 0. The average Bonchev–Trinajstić information content (AvgIpc) is 2.05. The van der Waals surface area contributed by atoms with E-state index in [1.807, 2.05) is 6.07 Å². The number of benzene rings is 1. The SMILES string of the molecule is N#Cc1cccc(CO)c1.[Y]. The van der Waals surface area contributed by atoms with E-state index in [0.29, 0.717) is 5.56 Å². The van der Waals surface area contributed by atoms with Crippen molar-refractivity contribution in [2.45, 2.75) is 6.61 Å². The third-order valence-electron chi connectivity index (χ3n) is 1.24. The number of aliphatic hydroxyl groups excluding tert-OH is 1. The minimum absolute atomic E-state index is 0. The molecule has 0 aromatic heterocycles. The normalized spacial score (nSPS) is 8.00. The second kappa shape index (κ2) is 5.43. The maximum absolute atomic E-state index is 8.65. The largest absolute Gasteiger partial charge is 0.392 e. The van der Waals surface area contributed by atoms with Crippen LogP contribution in [0.5, 0.6) is 0 Å². The summed E-state index contributed by atoms with van der Waals surface area (Å²) in [6.45, 7) is -0.00444. The van der Waals surface area contributed by atoms with E-state index >= 15 is 0 Å². The van der Waals surface area contributed by atoms with Gasteiger partial charge in [-0.1, -0.05) is 12.1 Å². The van der Waals surface area contributed by atoms with Crippen LogP contribution in [0.4, 0.5) is 0 Å². The number of rotatable bonds is 1. The first-order valence-corrected chi connectivity index (χ1v) is 2.96. The van der Waals surface area contributed by atoms with Gasteiger partial charge in [0.15, 0.2) is 0 Å². The van der Waals surface area contributed by atoms with Crippen molar-refractivity contribution in [3.63, 3.8) is 0 Å². The first-order valence-electron chi connectivity index (χ1n) is 2.96. The van der Waals surface area contributed by atoms with Crippen molar-refractivity contribution >= 4 is 0 Å². The van der Waals surface area contributed by atoms with Crippen LogP contribution in [-0.4, -0.2) is 5.11 Å². The smallest absolute Gasteiger partial charge is 0.0991 e. The summed E-state index contributed by atoms with van der Waals surface area (Å²) in [6, 6.07) is 8.90. The number of hydrogen-bond donors (Lipinski definition) is 1. The fourth-order valence-corrected chi connectivity index (χ4v) is 0.739. The zero-order valence-corrected chi connectivity index (χ0v) is 8.83. The van der Waals surface area contributed by atoms with Gasteiger partial charge in [-0.3, -0.25) is 0 Å². The zero-order chi connectivity index (χ0) is 7.40. The first-order chi connectivity index (χ1) is 4.86. The summed E-state index contributed by atoms with van der Waals surface area (Å²) in [5.41, 5.74) is 1.37. The van der Waals surface area contributed by atoms with Crippen molar-refractivity contribution in [2.24, 2.45) is 0 Å². The zero-order valence-electron chi connectivity index (χ0n) is 5.99. The van der Waals surface area contributed by atoms with E-state index in [1.54, 1.807) is 24.3 Å². The Bertz CT molecular complexity index is 267.